The molecule has 27 heavy (non-hydrogen) atoms. The lowest BCUT2D eigenvalue weighted by molar-refractivity contribution is -0.137. The van der Waals surface area contributed by atoms with Gasteiger partial charge in [-0.3, -0.25) is 4.79 Å². The molecule has 0 bridgehead atoms. The number of aromatic amines is 1. The largest absolute Gasteiger partial charge is 0.419 e. The fraction of sp³-hybridized carbons (Fsp3) is 0.529. The number of anilines is 2. The van der Waals surface area contributed by atoms with E-state index in [9.17, 15) is 23.1 Å². The molecule has 1 aliphatic rings. The second-order valence-electron chi connectivity index (χ2n) is 7.31. The number of nitrogens with zero attached hydrogens (tertiary/aromatic N) is 2. The summed E-state index contributed by atoms with van der Waals surface area (Å²) in [5.74, 6) is -0.734. The summed E-state index contributed by atoms with van der Waals surface area (Å²) in [6.07, 6.45) is -1.06. The number of aliphatic hydroxyl groups is 1. The van der Waals surface area contributed by atoms with Gasteiger partial charge in [0.1, 0.15) is 11.2 Å². The Morgan fingerprint density at radius 2 is 2.15 bits per heavy atom. The van der Waals surface area contributed by atoms with E-state index in [2.05, 4.69) is 15.3 Å². The van der Waals surface area contributed by atoms with Crippen molar-refractivity contribution in [3.05, 3.63) is 18.0 Å². The van der Waals surface area contributed by atoms with E-state index in [1.807, 2.05) is 0 Å². The highest BCUT2D eigenvalue weighted by Crippen LogP contribution is 2.43. The van der Waals surface area contributed by atoms with Crippen LogP contribution in [-0.2, 0) is 11.0 Å². The number of H-pyrrole nitrogens is 1. The number of hydrogen-bond acceptors (Lipinski definition) is 5. The van der Waals surface area contributed by atoms with Crippen LogP contribution in [0.4, 0.5) is 24.5 Å². The Balaban J connectivity index is 2.18. The van der Waals surface area contributed by atoms with Crippen LogP contribution < -0.4 is 16.0 Å². The van der Waals surface area contributed by atoms with Gasteiger partial charge >= 0.3 is 6.18 Å². The van der Waals surface area contributed by atoms with Gasteiger partial charge < -0.3 is 26.0 Å². The number of nitrogens with two attached hydrogens (primary N) is 1. The van der Waals surface area contributed by atoms with E-state index in [0.717, 1.165) is 12.6 Å². The van der Waals surface area contributed by atoms with Crippen LogP contribution in [0.2, 0.25) is 0 Å². The molecule has 10 heteroatoms. The Hall–Kier alpha value is -2.33. The Morgan fingerprint density at radius 3 is 2.74 bits per heavy atom. The third kappa shape index (κ3) is 3.86. The molecule has 1 saturated heterocycles. The van der Waals surface area contributed by atoms with E-state index in [4.69, 9.17) is 5.73 Å². The number of carbonyl (C=O) groups excluding carboxylic acids is 1. The van der Waals surface area contributed by atoms with Crippen molar-refractivity contribution in [2.75, 3.05) is 23.3 Å². The average Bonchev–Trinajstić information content (AvgIpc) is 2.95. The minimum atomic E-state index is -4.62. The molecule has 1 aliphatic heterocycles. The fourth-order valence-electron chi connectivity index (χ4n) is 3.20. The summed E-state index contributed by atoms with van der Waals surface area (Å²) in [6.45, 7) is 3.27. The van der Waals surface area contributed by atoms with Crippen LogP contribution in [0.1, 0.15) is 32.3 Å². The third-order valence-electron chi connectivity index (χ3n) is 4.56. The zero-order chi connectivity index (χ0) is 20.0. The summed E-state index contributed by atoms with van der Waals surface area (Å²) in [5, 5.41) is 12.5. The van der Waals surface area contributed by atoms with E-state index in [1.165, 1.54) is 20.0 Å². The maximum Gasteiger partial charge on any atom is 0.419 e. The van der Waals surface area contributed by atoms with Crippen LogP contribution in [0, 0.1) is 0 Å². The first-order valence-corrected chi connectivity index (χ1v) is 8.60. The van der Waals surface area contributed by atoms with Gasteiger partial charge in [-0.2, -0.15) is 13.2 Å². The SMILES string of the molecule is CC(C)(O)C(=O)Nc1c[nH]c2ncc(C(F)(F)F)c(N3CCCC(N)C3)c12. The number of nitrogens with one attached hydrogen (secondary N) is 2. The van der Waals surface area contributed by atoms with Crippen molar-refractivity contribution in [2.45, 2.75) is 44.5 Å². The highest BCUT2D eigenvalue weighted by Gasteiger charge is 2.38. The molecule has 0 spiro atoms. The lowest BCUT2D eigenvalue weighted by Gasteiger charge is -2.34. The maximum atomic E-state index is 13.7. The van der Waals surface area contributed by atoms with E-state index >= 15 is 0 Å². The summed E-state index contributed by atoms with van der Waals surface area (Å²) in [5.41, 5.74) is 3.67. The van der Waals surface area contributed by atoms with Crippen molar-refractivity contribution >= 4 is 28.3 Å². The van der Waals surface area contributed by atoms with Crippen molar-refractivity contribution in [1.82, 2.24) is 9.97 Å². The zero-order valence-electron chi connectivity index (χ0n) is 15.0. The second-order valence-corrected chi connectivity index (χ2v) is 7.31. The quantitative estimate of drug-likeness (QED) is 0.648. The van der Waals surface area contributed by atoms with Gasteiger partial charge in [-0.1, -0.05) is 0 Å². The fourth-order valence-corrected chi connectivity index (χ4v) is 3.20. The lowest BCUT2D eigenvalue weighted by Crippen LogP contribution is -2.43. The van der Waals surface area contributed by atoms with Gasteiger partial charge in [-0.15, -0.1) is 0 Å². The number of amides is 1. The van der Waals surface area contributed by atoms with Gasteiger partial charge in [-0.05, 0) is 26.7 Å². The molecule has 5 N–H and O–H groups in total. The summed E-state index contributed by atoms with van der Waals surface area (Å²) in [4.78, 5) is 20.4. The minimum Gasteiger partial charge on any atom is -0.381 e. The monoisotopic (exact) mass is 385 g/mol. The highest BCUT2D eigenvalue weighted by molar-refractivity contribution is 6.08. The first-order valence-electron chi connectivity index (χ1n) is 8.60. The Labute approximate surface area is 153 Å². The van der Waals surface area contributed by atoms with Crippen LogP contribution in [0.25, 0.3) is 11.0 Å². The van der Waals surface area contributed by atoms with Crippen molar-refractivity contribution in [2.24, 2.45) is 5.73 Å². The van der Waals surface area contributed by atoms with Gasteiger partial charge in [0.05, 0.1) is 22.3 Å². The number of halogens is 3. The molecule has 148 valence electrons. The van der Waals surface area contributed by atoms with Crippen LogP contribution in [-0.4, -0.2) is 45.7 Å². The lowest BCUT2D eigenvalue weighted by atomic mass is 10.0. The topological polar surface area (TPSA) is 107 Å². The number of fused-ring (bicyclic) bond motifs is 1. The number of pyridine rings is 1. The predicted molar refractivity (Wildman–Crippen MR) is 95.4 cm³/mol. The van der Waals surface area contributed by atoms with Gasteiger partial charge in [-0.25, -0.2) is 4.98 Å². The van der Waals surface area contributed by atoms with Crippen molar-refractivity contribution < 1.29 is 23.1 Å². The number of aromatic nitrogens is 2. The number of hydrogen-bond donors (Lipinski definition) is 4. The first-order chi connectivity index (χ1) is 12.5. The summed E-state index contributed by atoms with van der Waals surface area (Å²) < 4.78 is 41.0. The molecule has 2 aromatic heterocycles. The first kappa shape index (κ1) is 19.4. The smallest absolute Gasteiger partial charge is 0.381 e. The zero-order valence-corrected chi connectivity index (χ0v) is 15.0. The molecule has 1 fully saturated rings. The molecule has 7 nitrogen and oxygen atoms in total. The van der Waals surface area contributed by atoms with Gasteiger partial charge in [0.2, 0.25) is 0 Å². The molecule has 3 heterocycles. The van der Waals surface area contributed by atoms with E-state index < -0.39 is 23.2 Å². The van der Waals surface area contributed by atoms with E-state index in [-0.39, 0.29) is 35.0 Å². The number of carbonyl (C=O) groups is 1. The number of alkyl halides is 3. The van der Waals surface area contributed by atoms with Crippen LogP contribution in [0.5, 0.6) is 0 Å². The Kier molecular flexibility index (Phi) is 4.81. The molecular formula is C17H22F3N5O2. The predicted octanol–water partition coefficient (Wildman–Crippen LogP) is 2.22. The summed E-state index contributed by atoms with van der Waals surface area (Å²) in [7, 11) is 0. The van der Waals surface area contributed by atoms with E-state index in [0.29, 0.717) is 13.0 Å². The number of piperidine rings is 1. The van der Waals surface area contributed by atoms with Crippen LogP contribution in [0.15, 0.2) is 12.4 Å². The van der Waals surface area contributed by atoms with Gasteiger partial charge in [0.25, 0.3) is 5.91 Å². The normalized spacial score (nSPS) is 18.8. The third-order valence-corrected chi connectivity index (χ3v) is 4.56. The maximum absolute atomic E-state index is 13.7. The van der Waals surface area contributed by atoms with Crippen LogP contribution >= 0.6 is 0 Å². The Morgan fingerprint density at radius 1 is 1.44 bits per heavy atom. The molecular weight excluding hydrogens is 363 g/mol. The standard InChI is InChI=1S/C17H22F3N5O2/c1-16(2,27)15(26)24-11-7-23-14-12(11)13(10(6-22-14)17(18,19)20)25-5-3-4-9(21)8-25/h6-7,9,27H,3-5,8,21H2,1-2H3,(H,22,23)(H,24,26). The van der Waals surface area contributed by atoms with Crippen molar-refractivity contribution in [1.29, 1.82) is 0 Å². The molecule has 0 aliphatic carbocycles. The molecule has 2 aromatic rings. The molecule has 3 rings (SSSR count). The summed E-state index contributed by atoms with van der Waals surface area (Å²) >= 11 is 0. The Bertz CT molecular complexity index is 857. The van der Waals surface area contributed by atoms with Crippen LogP contribution in [0.3, 0.4) is 0 Å². The molecule has 0 aromatic carbocycles. The van der Waals surface area contributed by atoms with Gasteiger partial charge in [0.15, 0.2) is 0 Å². The number of rotatable bonds is 3. The average molecular weight is 385 g/mol. The van der Waals surface area contributed by atoms with Crippen molar-refractivity contribution in [3.8, 4) is 0 Å². The highest BCUT2D eigenvalue weighted by atomic mass is 19.4. The minimum absolute atomic E-state index is 0.0602. The van der Waals surface area contributed by atoms with E-state index in [1.54, 1.807) is 4.90 Å². The molecule has 1 atom stereocenters. The molecule has 0 radical (unpaired) electrons. The molecule has 0 saturated carbocycles. The van der Waals surface area contributed by atoms with Crippen molar-refractivity contribution in [3.63, 3.8) is 0 Å². The summed E-state index contributed by atoms with van der Waals surface area (Å²) in [6, 6.07) is -0.239. The molecule has 1 unspecified atom stereocenters. The molecule has 1 amide bonds. The second kappa shape index (κ2) is 6.68. The van der Waals surface area contributed by atoms with Gasteiger partial charge in [0, 0.05) is 31.5 Å².